The summed E-state index contributed by atoms with van der Waals surface area (Å²) in [5, 5.41) is 1.51. The van der Waals surface area contributed by atoms with E-state index in [9.17, 15) is 4.39 Å². The van der Waals surface area contributed by atoms with Gasteiger partial charge in [0.15, 0.2) is 0 Å². The standard InChI is InChI=1S/C20H20ClFN2O/c1-12-13(2)24(10-14-3-4-14)19-17(12)9-18(21)23-20(19)25-11-15-5-7-16(22)8-6-15/h5-9,14H,3-4,10-11H2,1-2H3. The van der Waals surface area contributed by atoms with Gasteiger partial charge < -0.3 is 9.30 Å². The Balaban J connectivity index is 1.73. The summed E-state index contributed by atoms with van der Waals surface area (Å²) in [5.74, 6) is 1.04. The van der Waals surface area contributed by atoms with Crippen LogP contribution < -0.4 is 4.74 Å². The Morgan fingerprint density at radius 1 is 1.24 bits per heavy atom. The number of aromatic nitrogens is 2. The van der Waals surface area contributed by atoms with Gasteiger partial charge in [-0.05, 0) is 61.9 Å². The van der Waals surface area contributed by atoms with Gasteiger partial charge in [-0.3, -0.25) is 0 Å². The minimum Gasteiger partial charge on any atom is -0.471 e. The molecule has 1 aliphatic rings. The summed E-state index contributed by atoms with van der Waals surface area (Å²) >= 11 is 6.23. The molecule has 1 fully saturated rings. The van der Waals surface area contributed by atoms with Gasteiger partial charge in [0.05, 0.1) is 0 Å². The van der Waals surface area contributed by atoms with E-state index in [0.717, 1.165) is 28.9 Å². The molecule has 25 heavy (non-hydrogen) atoms. The molecule has 2 aromatic heterocycles. The lowest BCUT2D eigenvalue weighted by Gasteiger charge is -2.12. The SMILES string of the molecule is Cc1c(C)n(CC2CC2)c2c(OCc3ccc(F)cc3)nc(Cl)cc12. The number of fused-ring (bicyclic) bond motifs is 1. The molecule has 0 N–H and O–H groups in total. The fraction of sp³-hybridized carbons (Fsp3) is 0.350. The summed E-state index contributed by atoms with van der Waals surface area (Å²) in [7, 11) is 0. The van der Waals surface area contributed by atoms with E-state index in [-0.39, 0.29) is 5.82 Å². The first-order valence-electron chi connectivity index (χ1n) is 8.56. The van der Waals surface area contributed by atoms with Gasteiger partial charge in [0.2, 0.25) is 5.88 Å². The molecule has 0 unspecified atom stereocenters. The van der Waals surface area contributed by atoms with Crippen LogP contribution in [0.25, 0.3) is 10.9 Å². The molecule has 0 saturated heterocycles. The summed E-state index contributed by atoms with van der Waals surface area (Å²) in [6.45, 7) is 5.57. The van der Waals surface area contributed by atoms with Crippen LogP contribution in [-0.4, -0.2) is 9.55 Å². The predicted molar refractivity (Wildman–Crippen MR) is 97.7 cm³/mol. The second-order valence-electron chi connectivity index (χ2n) is 6.83. The van der Waals surface area contributed by atoms with E-state index < -0.39 is 0 Å². The normalized spacial score (nSPS) is 14.2. The van der Waals surface area contributed by atoms with Gasteiger partial charge in [-0.15, -0.1) is 0 Å². The third kappa shape index (κ3) is 3.23. The topological polar surface area (TPSA) is 27.1 Å². The number of pyridine rings is 1. The number of ether oxygens (including phenoxy) is 1. The summed E-state index contributed by atoms with van der Waals surface area (Å²) in [5.41, 5.74) is 4.35. The molecule has 0 atom stereocenters. The molecule has 1 aromatic carbocycles. The first-order chi connectivity index (χ1) is 12.0. The zero-order chi connectivity index (χ0) is 17.6. The van der Waals surface area contributed by atoms with E-state index in [1.807, 2.05) is 6.07 Å². The Labute approximate surface area is 151 Å². The van der Waals surface area contributed by atoms with Crippen LogP contribution >= 0.6 is 11.6 Å². The molecule has 5 heteroatoms. The Morgan fingerprint density at radius 2 is 1.96 bits per heavy atom. The Kier molecular flexibility index (Phi) is 4.16. The highest BCUT2D eigenvalue weighted by atomic mass is 35.5. The fourth-order valence-electron chi connectivity index (χ4n) is 3.22. The maximum absolute atomic E-state index is 13.1. The minimum atomic E-state index is -0.253. The van der Waals surface area contributed by atoms with Crippen LogP contribution in [0.3, 0.4) is 0 Å². The van der Waals surface area contributed by atoms with Gasteiger partial charge in [0.1, 0.15) is 23.1 Å². The van der Waals surface area contributed by atoms with Crippen molar-refractivity contribution < 1.29 is 9.13 Å². The predicted octanol–water partition coefficient (Wildman–Crippen LogP) is 5.43. The molecule has 3 aromatic rings. The number of hydrogen-bond donors (Lipinski definition) is 0. The van der Waals surface area contributed by atoms with Crippen LogP contribution in [0.4, 0.5) is 4.39 Å². The van der Waals surface area contributed by atoms with E-state index in [2.05, 4.69) is 23.4 Å². The van der Waals surface area contributed by atoms with Gasteiger partial charge in [-0.25, -0.2) is 4.39 Å². The number of rotatable bonds is 5. The highest BCUT2D eigenvalue weighted by Crippen LogP contribution is 2.38. The molecule has 0 radical (unpaired) electrons. The average Bonchev–Trinajstić information content (AvgIpc) is 3.38. The molecule has 0 spiro atoms. The second-order valence-corrected chi connectivity index (χ2v) is 7.21. The Morgan fingerprint density at radius 3 is 2.64 bits per heavy atom. The van der Waals surface area contributed by atoms with Crippen LogP contribution in [0.1, 0.15) is 29.7 Å². The Hall–Kier alpha value is -2.07. The van der Waals surface area contributed by atoms with Gasteiger partial charge >= 0.3 is 0 Å². The zero-order valence-electron chi connectivity index (χ0n) is 14.4. The molecular weight excluding hydrogens is 339 g/mol. The van der Waals surface area contributed by atoms with E-state index in [0.29, 0.717) is 17.6 Å². The zero-order valence-corrected chi connectivity index (χ0v) is 15.1. The van der Waals surface area contributed by atoms with Crippen LogP contribution in [0, 0.1) is 25.6 Å². The van der Waals surface area contributed by atoms with Crippen molar-refractivity contribution in [3.8, 4) is 5.88 Å². The average molecular weight is 359 g/mol. The van der Waals surface area contributed by atoms with Gasteiger partial charge in [0.25, 0.3) is 0 Å². The smallest absolute Gasteiger partial charge is 0.240 e. The number of nitrogens with zero attached hydrogens (tertiary/aromatic N) is 2. The van der Waals surface area contributed by atoms with Crippen molar-refractivity contribution in [3.05, 3.63) is 58.1 Å². The summed E-state index contributed by atoms with van der Waals surface area (Å²) in [6, 6.07) is 8.22. The summed E-state index contributed by atoms with van der Waals surface area (Å²) < 4.78 is 21.4. The van der Waals surface area contributed by atoms with Gasteiger partial charge in [-0.2, -0.15) is 4.98 Å². The molecule has 2 heterocycles. The number of benzene rings is 1. The van der Waals surface area contributed by atoms with Crippen molar-refractivity contribution in [2.75, 3.05) is 0 Å². The van der Waals surface area contributed by atoms with Crippen molar-refractivity contribution in [1.82, 2.24) is 9.55 Å². The lowest BCUT2D eigenvalue weighted by molar-refractivity contribution is 0.296. The van der Waals surface area contributed by atoms with Crippen molar-refractivity contribution in [2.45, 2.75) is 39.8 Å². The lowest BCUT2D eigenvalue weighted by atomic mass is 10.2. The van der Waals surface area contributed by atoms with Gasteiger partial charge in [-0.1, -0.05) is 23.7 Å². The molecular formula is C20H20ClFN2O. The van der Waals surface area contributed by atoms with Crippen molar-refractivity contribution in [1.29, 1.82) is 0 Å². The largest absolute Gasteiger partial charge is 0.471 e. The van der Waals surface area contributed by atoms with E-state index in [1.165, 1.54) is 36.2 Å². The maximum atomic E-state index is 13.1. The van der Waals surface area contributed by atoms with E-state index in [1.54, 1.807) is 12.1 Å². The van der Waals surface area contributed by atoms with Crippen LogP contribution in [0.5, 0.6) is 5.88 Å². The number of hydrogen-bond acceptors (Lipinski definition) is 2. The first-order valence-corrected chi connectivity index (χ1v) is 8.94. The molecule has 0 aliphatic heterocycles. The third-order valence-corrected chi connectivity index (χ3v) is 5.17. The summed E-state index contributed by atoms with van der Waals surface area (Å²) in [4.78, 5) is 4.43. The highest BCUT2D eigenvalue weighted by Gasteiger charge is 2.25. The van der Waals surface area contributed by atoms with E-state index >= 15 is 0 Å². The molecule has 0 amide bonds. The van der Waals surface area contributed by atoms with Crippen molar-refractivity contribution in [3.63, 3.8) is 0 Å². The fourth-order valence-corrected chi connectivity index (χ4v) is 3.40. The minimum absolute atomic E-state index is 0.253. The van der Waals surface area contributed by atoms with Crippen LogP contribution in [0.2, 0.25) is 5.15 Å². The Bertz CT molecular complexity index is 929. The molecule has 3 nitrogen and oxygen atoms in total. The van der Waals surface area contributed by atoms with Crippen molar-refractivity contribution >= 4 is 22.5 Å². The van der Waals surface area contributed by atoms with E-state index in [4.69, 9.17) is 16.3 Å². The van der Waals surface area contributed by atoms with Gasteiger partial charge in [0, 0.05) is 17.6 Å². The van der Waals surface area contributed by atoms with Crippen LogP contribution in [0.15, 0.2) is 30.3 Å². The van der Waals surface area contributed by atoms with Crippen LogP contribution in [-0.2, 0) is 13.2 Å². The summed E-state index contributed by atoms with van der Waals surface area (Å²) in [6.07, 6.45) is 2.57. The molecule has 1 aliphatic carbocycles. The third-order valence-electron chi connectivity index (χ3n) is 4.98. The monoisotopic (exact) mass is 358 g/mol. The second kappa shape index (κ2) is 6.34. The quantitative estimate of drug-likeness (QED) is 0.568. The molecule has 4 rings (SSSR count). The first kappa shape index (κ1) is 16.4. The van der Waals surface area contributed by atoms with Crippen molar-refractivity contribution in [2.24, 2.45) is 5.92 Å². The molecule has 130 valence electrons. The molecule has 1 saturated carbocycles. The maximum Gasteiger partial charge on any atom is 0.240 e. The highest BCUT2D eigenvalue weighted by molar-refractivity contribution is 6.30. The lowest BCUT2D eigenvalue weighted by Crippen LogP contribution is -2.05. The number of aryl methyl sites for hydroxylation is 1. The molecule has 0 bridgehead atoms. The number of halogens is 2.